The zero-order chi connectivity index (χ0) is 19.4. The van der Waals surface area contributed by atoms with Crippen LogP contribution in [0.4, 0.5) is 0 Å². The predicted molar refractivity (Wildman–Crippen MR) is 92.2 cm³/mol. The summed E-state index contributed by atoms with van der Waals surface area (Å²) in [5.74, 6) is 0.105. The minimum absolute atomic E-state index is 0.0136. The van der Waals surface area contributed by atoms with Crippen LogP contribution in [-0.2, 0) is 17.8 Å². The summed E-state index contributed by atoms with van der Waals surface area (Å²) < 4.78 is 10.6. The topological polar surface area (TPSA) is 126 Å². The van der Waals surface area contributed by atoms with E-state index in [0.29, 0.717) is 29.4 Å². The summed E-state index contributed by atoms with van der Waals surface area (Å²) in [6.45, 7) is 2.46. The number of aliphatic carboxylic acids is 1. The lowest BCUT2D eigenvalue weighted by molar-refractivity contribution is -0.162. The second kappa shape index (κ2) is 7.75. The fraction of sp³-hybridized carbons (Fsp3) is 0.444. The molecule has 144 valence electrons. The van der Waals surface area contributed by atoms with Crippen LogP contribution >= 0.6 is 0 Å². The number of nitrogens with zero attached hydrogens (tertiary/aromatic N) is 3. The Balaban J connectivity index is 1.55. The summed E-state index contributed by atoms with van der Waals surface area (Å²) in [5.41, 5.74) is -1.28. The molecule has 0 saturated carbocycles. The van der Waals surface area contributed by atoms with Crippen molar-refractivity contribution in [2.24, 2.45) is 0 Å². The molecule has 2 heterocycles. The number of carboxylic acid groups (broad SMARTS) is 1. The zero-order valence-corrected chi connectivity index (χ0v) is 14.9. The Labute approximate surface area is 155 Å². The SMILES string of the molecule is CCc1nc(COc2ccc(C(=O)N3CCC(O)(C(=O)O)CC3)cc2)no1. The molecule has 3 rings (SSSR count). The van der Waals surface area contributed by atoms with Crippen molar-refractivity contribution >= 4 is 11.9 Å². The van der Waals surface area contributed by atoms with Crippen molar-refractivity contribution < 1.29 is 29.1 Å². The molecule has 1 aromatic carbocycles. The number of ether oxygens (including phenoxy) is 1. The number of piperidine rings is 1. The van der Waals surface area contributed by atoms with Crippen molar-refractivity contribution in [3.8, 4) is 5.75 Å². The van der Waals surface area contributed by atoms with Gasteiger partial charge in [0.25, 0.3) is 5.91 Å². The quantitative estimate of drug-likeness (QED) is 0.773. The van der Waals surface area contributed by atoms with Crippen molar-refractivity contribution in [2.75, 3.05) is 13.1 Å². The number of amides is 1. The molecule has 1 amide bonds. The van der Waals surface area contributed by atoms with E-state index >= 15 is 0 Å². The number of hydrogen-bond donors (Lipinski definition) is 2. The Morgan fingerprint density at radius 3 is 2.48 bits per heavy atom. The number of aromatic nitrogens is 2. The average Bonchev–Trinajstić information content (AvgIpc) is 3.15. The molecule has 0 aliphatic carbocycles. The van der Waals surface area contributed by atoms with Crippen LogP contribution in [0, 0.1) is 0 Å². The Morgan fingerprint density at radius 1 is 1.26 bits per heavy atom. The molecule has 1 fully saturated rings. The molecular formula is C18H21N3O6. The number of carbonyl (C=O) groups excluding carboxylic acids is 1. The number of likely N-dealkylation sites (tertiary alicyclic amines) is 1. The lowest BCUT2D eigenvalue weighted by Crippen LogP contribution is -2.50. The van der Waals surface area contributed by atoms with Gasteiger partial charge in [-0.2, -0.15) is 4.98 Å². The maximum absolute atomic E-state index is 12.5. The van der Waals surface area contributed by atoms with E-state index in [9.17, 15) is 14.7 Å². The van der Waals surface area contributed by atoms with Gasteiger partial charge in [-0.1, -0.05) is 12.1 Å². The Kier molecular flexibility index (Phi) is 5.41. The molecule has 27 heavy (non-hydrogen) atoms. The number of aliphatic hydroxyl groups is 1. The fourth-order valence-corrected chi connectivity index (χ4v) is 2.81. The molecule has 0 atom stereocenters. The zero-order valence-electron chi connectivity index (χ0n) is 14.9. The minimum Gasteiger partial charge on any atom is -0.485 e. The molecule has 1 aliphatic heterocycles. The predicted octanol–water partition coefficient (Wildman–Crippen LogP) is 1.26. The van der Waals surface area contributed by atoms with Gasteiger partial charge in [0.15, 0.2) is 12.2 Å². The van der Waals surface area contributed by atoms with E-state index < -0.39 is 11.6 Å². The molecule has 0 spiro atoms. The second-order valence-electron chi connectivity index (χ2n) is 6.40. The third-order valence-corrected chi connectivity index (χ3v) is 4.56. The van der Waals surface area contributed by atoms with Gasteiger partial charge in [-0.3, -0.25) is 4.79 Å². The lowest BCUT2D eigenvalue weighted by atomic mass is 9.91. The number of carbonyl (C=O) groups is 2. The number of benzene rings is 1. The normalized spacial score (nSPS) is 16.1. The highest BCUT2D eigenvalue weighted by molar-refractivity contribution is 5.94. The number of carboxylic acids is 1. The van der Waals surface area contributed by atoms with E-state index in [-0.39, 0.29) is 38.4 Å². The minimum atomic E-state index is -1.75. The molecular weight excluding hydrogens is 354 g/mol. The van der Waals surface area contributed by atoms with E-state index in [1.54, 1.807) is 29.2 Å². The molecule has 1 aromatic heterocycles. The first-order valence-corrected chi connectivity index (χ1v) is 8.70. The summed E-state index contributed by atoms with van der Waals surface area (Å²) in [6.07, 6.45) is 0.684. The van der Waals surface area contributed by atoms with Gasteiger partial charge in [0, 0.05) is 37.9 Å². The number of rotatable bonds is 6. The maximum Gasteiger partial charge on any atom is 0.335 e. The Morgan fingerprint density at radius 2 is 1.93 bits per heavy atom. The van der Waals surface area contributed by atoms with Crippen molar-refractivity contribution in [3.05, 3.63) is 41.5 Å². The highest BCUT2D eigenvalue weighted by atomic mass is 16.5. The largest absolute Gasteiger partial charge is 0.485 e. The Hall–Kier alpha value is -2.94. The van der Waals surface area contributed by atoms with Gasteiger partial charge in [-0.05, 0) is 24.3 Å². The fourth-order valence-electron chi connectivity index (χ4n) is 2.81. The Bertz CT molecular complexity index is 809. The molecule has 0 bridgehead atoms. The summed E-state index contributed by atoms with van der Waals surface area (Å²) in [4.78, 5) is 29.3. The molecule has 0 unspecified atom stereocenters. The number of aryl methyl sites for hydroxylation is 1. The van der Waals surface area contributed by atoms with Crippen LogP contribution in [-0.4, -0.2) is 55.8 Å². The first-order valence-electron chi connectivity index (χ1n) is 8.70. The van der Waals surface area contributed by atoms with Gasteiger partial charge in [-0.25, -0.2) is 4.79 Å². The van der Waals surface area contributed by atoms with E-state index in [4.69, 9.17) is 14.4 Å². The average molecular weight is 375 g/mol. The van der Waals surface area contributed by atoms with Crippen molar-refractivity contribution in [1.29, 1.82) is 0 Å². The molecule has 1 aliphatic rings. The third kappa shape index (κ3) is 4.25. The van der Waals surface area contributed by atoms with E-state index in [0.717, 1.165) is 0 Å². The van der Waals surface area contributed by atoms with Crippen LogP contribution in [0.1, 0.15) is 41.8 Å². The van der Waals surface area contributed by atoms with Crippen LogP contribution in [0.25, 0.3) is 0 Å². The molecule has 9 heteroatoms. The first-order chi connectivity index (χ1) is 12.9. The lowest BCUT2D eigenvalue weighted by Gasteiger charge is -2.35. The summed E-state index contributed by atoms with van der Waals surface area (Å²) in [6, 6.07) is 6.63. The van der Waals surface area contributed by atoms with Crippen molar-refractivity contribution in [2.45, 2.75) is 38.4 Å². The first kappa shape index (κ1) is 18.8. The monoisotopic (exact) mass is 375 g/mol. The van der Waals surface area contributed by atoms with Crippen molar-refractivity contribution in [1.82, 2.24) is 15.0 Å². The van der Waals surface area contributed by atoms with Crippen LogP contribution in [0.3, 0.4) is 0 Å². The van der Waals surface area contributed by atoms with Gasteiger partial charge in [-0.15, -0.1) is 0 Å². The van der Waals surface area contributed by atoms with Crippen LogP contribution in [0.2, 0.25) is 0 Å². The smallest absolute Gasteiger partial charge is 0.335 e. The van der Waals surface area contributed by atoms with Gasteiger partial charge < -0.3 is 24.4 Å². The highest BCUT2D eigenvalue weighted by Crippen LogP contribution is 2.24. The van der Waals surface area contributed by atoms with Crippen molar-refractivity contribution in [3.63, 3.8) is 0 Å². The van der Waals surface area contributed by atoms with E-state index in [2.05, 4.69) is 10.1 Å². The highest BCUT2D eigenvalue weighted by Gasteiger charge is 2.40. The molecule has 0 radical (unpaired) electrons. The van der Waals surface area contributed by atoms with Gasteiger partial charge >= 0.3 is 5.97 Å². The molecule has 1 saturated heterocycles. The summed E-state index contributed by atoms with van der Waals surface area (Å²) in [7, 11) is 0. The standard InChI is InChI=1S/C18H21N3O6/c1-2-15-19-14(20-27-15)11-26-13-5-3-12(4-6-13)16(22)21-9-7-18(25,8-10-21)17(23)24/h3-6,25H,2,7-11H2,1H3,(H,23,24). The summed E-state index contributed by atoms with van der Waals surface area (Å²) in [5, 5.41) is 22.8. The van der Waals surface area contributed by atoms with E-state index in [1.807, 2.05) is 6.92 Å². The van der Waals surface area contributed by atoms with Gasteiger partial charge in [0.05, 0.1) is 0 Å². The molecule has 2 aromatic rings. The van der Waals surface area contributed by atoms with Crippen LogP contribution < -0.4 is 4.74 Å². The molecule has 9 nitrogen and oxygen atoms in total. The van der Waals surface area contributed by atoms with E-state index in [1.165, 1.54) is 0 Å². The second-order valence-corrected chi connectivity index (χ2v) is 6.40. The maximum atomic E-state index is 12.5. The van der Waals surface area contributed by atoms with Gasteiger partial charge in [0.2, 0.25) is 11.7 Å². The van der Waals surface area contributed by atoms with Gasteiger partial charge in [0.1, 0.15) is 5.75 Å². The van der Waals surface area contributed by atoms with Crippen LogP contribution in [0.15, 0.2) is 28.8 Å². The third-order valence-electron chi connectivity index (χ3n) is 4.56. The summed E-state index contributed by atoms with van der Waals surface area (Å²) >= 11 is 0. The molecule has 2 N–H and O–H groups in total. The van der Waals surface area contributed by atoms with Crippen LogP contribution in [0.5, 0.6) is 5.75 Å². The number of hydrogen-bond acceptors (Lipinski definition) is 7.